The minimum atomic E-state index is -4.49. The van der Waals surface area contributed by atoms with Crippen LogP contribution in [0.2, 0.25) is 0 Å². The zero-order valence-electron chi connectivity index (χ0n) is 11.5. The molecule has 0 bridgehead atoms. The summed E-state index contributed by atoms with van der Waals surface area (Å²) in [6.45, 7) is 1.30. The van der Waals surface area contributed by atoms with Crippen LogP contribution in [0.3, 0.4) is 0 Å². The summed E-state index contributed by atoms with van der Waals surface area (Å²) in [6, 6.07) is 4.26. The Kier molecular flexibility index (Phi) is 5.82. The van der Waals surface area contributed by atoms with Crippen molar-refractivity contribution in [2.24, 2.45) is 0 Å². The average Bonchev–Trinajstić information content (AvgIpc) is 2.34. The number of halogens is 3. The van der Waals surface area contributed by atoms with Crippen molar-refractivity contribution in [2.45, 2.75) is 12.6 Å². The van der Waals surface area contributed by atoms with Crippen LogP contribution >= 0.6 is 0 Å². The lowest BCUT2D eigenvalue weighted by Crippen LogP contribution is -3.05. The maximum atomic E-state index is 12.7. The van der Waals surface area contributed by atoms with Crippen LogP contribution in [-0.4, -0.2) is 33.2 Å². The van der Waals surface area contributed by atoms with Gasteiger partial charge in [-0.1, -0.05) is 12.1 Å². The fraction of sp³-hybridized carbons (Fsp3) is 0.462. The number of anilines is 1. The molecule has 0 atom stereocenters. The number of hydrogen-bond acceptors (Lipinski definition) is 1. The SMILES string of the molecule is C[NH+](C)CCCNC(=O)Nc1ccccc1C(F)(F)F. The van der Waals surface area contributed by atoms with E-state index in [1.165, 1.54) is 23.1 Å². The summed E-state index contributed by atoms with van der Waals surface area (Å²) < 4.78 is 38.2. The van der Waals surface area contributed by atoms with Crippen LogP contribution < -0.4 is 15.5 Å². The van der Waals surface area contributed by atoms with Gasteiger partial charge in [0, 0.05) is 13.0 Å². The Morgan fingerprint density at radius 2 is 1.90 bits per heavy atom. The standard InChI is InChI=1S/C13H18F3N3O/c1-19(2)9-5-8-17-12(20)18-11-7-4-3-6-10(11)13(14,15)16/h3-4,6-7H,5,8-9H2,1-2H3,(H2,17,18,20)/p+1. The number of rotatable bonds is 5. The van der Waals surface area contributed by atoms with Gasteiger partial charge in [-0.15, -0.1) is 0 Å². The number of hydrogen-bond donors (Lipinski definition) is 3. The molecule has 1 aromatic rings. The van der Waals surface area contributed by atoms with Crippen LogP contribution in [0.5, 0.6) is 0 Å². The first-order chi connectivity index (χ1) is 9.30. The second kappa shape index (κ2) is 7.14. The summed E-state index contributed by atoms with van der Waals surface area (Å²) in [5.41, 5.74) is -1.09. The van der Waals surface area contributed by atoms with E-state index in [1.807, 2.05) is 14.1 Å². The smallest absolute Gasteiger partial charge is 0.340 e. The monoisotopic (exact) mass is 290 g/mol. The van der Waals surface area contributed by atoms with Crippen molar-refractivity contribution < 1.29 is 22.9 Å². The van der Waals surface area contributed by atoms with Gasteiger partial charge in [-0.2, -0.15) is 13.2 Å². The fourth-order valence-electron chi connectivity index (χ4n) is 1.65. The number of para-hydroxylation sites is 1. The van der Waals surface area contributed by atoms with Gasteiger partial charge in [-0.25, -0.2) is 4.79 Å². The van der Waals surface area contributed by atoms with E-state index in [-0.39, 0.29) is 5.69 Å². The highest BCUT2D eigenvalue weighted by atomic mass is 19.4. The summed E-state index contributed by atoms with van der Waals surface area (Å²) in [7, 11) is 3.97. The Bertz CT molecular complexity index is 447. The van der Waals surface area contributed by atoms with Crippen LogP contribution in [0.15, 0.2) is 24.3 Å². The normalized spacial score (nSPS) is 11.5. The van der Waals surface area contributed by atoms with Crippen molar-refractivity contribution >= 4 is 11.7 Å². The van der Waals surface area contributed by atoms with Gasteiger partial charge in [0.05, 0.1) is 31.9 Å². The molecule has 0 spiro atoms. The predicted octanol–water partition coefficient (Wildman–Crippen LogP) is 1.36. The van der Waals surface area contributed by atoms with Gasteiger partial charge in [0.15, 0.2) is 0 Å². The first-order valence-corrected chi connectivity index (χ1v) is 6.31. The molecule has 20 heavy (non-hydrogen) atoms. The fourth-order valence-corrected chi connectivity index (χ4v) is 1.65. The van der Waals surface area contributed by atoms with E-state index in [9.17, 15) is 18.0 Å². The number of alkyl halides is 3. The molecule has 1 aromatic carbocycles. The molecule has 0 saturated carbocycles. The van der Waals surface area contributed by atoms with E-state index < -0.39 is 17.8 Å². The van der Waals surface area contributed by atoms with E-state index in [0.717, 1.165) is 19.0 Å². The van der Waals surface area contributed by atoms with Crippen molar-refractivity contribution in [3.05, 3.63) is 29.8 Å². The summed E-state index contributed by atoms with van der Waals surface area (Å²) in [5, 5.41) is 4.76. The third-order valence-corrected chi connectivity index (χ3v) is 2.62. The molecule has 0 aliphatic carbocycles. The molecule has 2 amide bonds. The van der Waals surface area contributed by atoms with Gasteiger partial charge in [-0.05, 0) is 12.1 Å². The number of carbonyl (C=O) groups excluding carboxylic acids is 1. The van der Waals surface area contributed by atoms with Crippen LogP contribution in [0.25, 0.3) is 0 Å². The molecule has 0 aliphatic rings. The number of quaternary nitrogens is 1. The van der Waals surface area contributed by atoms with E-state index in [0.29, 0.717) is 6.54 Å². The Hall–Kier alpha value is -1.76. The van der Waals surface area contributed by atoms with Gasteiger partial charge < -0.3 is 15.5 Å². The van der Waals surface area contributed by atoms with E-state index >= 15 is 0 Å². The third-order valence-electron chi connectivity index (χ3n) is 2.62. The Morgan fingerprint density at radius 1 is 1.25 bits per heavy atom. The Balaban J connectivity index is 2.54. The molecule has 7 heteroatoms. The molecule has 0 fully saturated rings. The zero-order valence-corrected chi connectivity index (χ0v) is 11.5. The Morgan fingerprint density at radius 3 is 2.50 bits per heavy atom. The van der Waals surface area contributed by atoms with Gasteiger partial charge in [0.2, 0.25) is 0 Å². The van der Waals surface area contributed by atoms with Gasteiger partial charge >= 0.3 is 12.2 Å². The molecule has 1 rings (SSSR count). The minimum absolute atomic E-state index is 0.240. The molecule has 3 N–H and O–H groups in total. The maximum absolute atomic E-state index is 12.7. The van der Waals surface area contributed by atoms with Crippen molar-refractivity contribution in [1.82, 2.24) is 5.32 Å². The molecular weight excluding hydrogens is 271 g/mol. The van der Waals surface area contributed by atoms with Gasteiger partial charge in [0.1, 0.15) is 0 Å². The lowest BCUT2D eigenvalue weighted by molar-refractivity contribution is -0.858. The lowest BCUT2D eigenvalue weighted by Gasteiger charge is -2.14. The number of urea groups is 1. The first-order valence-electron chi connectivity index (χ1n) is 6.31. The molecule has 0 radical (unpaired) electrons. The molecule has 112 valence electrons. The van der Waals surface area contributed by atoms with Crippen molar-refractivity contribution in [2.75, 3.05) is 32.5 Å². The predicted molar refractivity (Wildman–Crippen MR) is 70.8 cm³/mol. The average molecular weight is 290 g/mol. The summed E-state index contributed by atoms with van der Waals surface area (Å²) in [6.07, 6.45) is -3.73. The molecular formula is C13H19F3N3O+. The molecule has 0 saturated heterocycles. The summed E-state index contributed by atoms with van der Waals surface area (Å²) in [5.74, 6) is 0. The molecule has 0 unspecified atom stereocenters. The van der Waals surface area contributed by atoms with Gasteiger partial charge in [-0.3, -0.25) is 0 Å². The highest BCUT2D eigenvalue weighted by Crippen LogP contribution is 2.34. The number of carbonyl (C=O) groups is 1. The third kappa shape index (κ3) is 5.48. The van der Waals surface area contributed by atoms with Crippen LogP contribution in [0.4, 0.5) is 23.7 Å². The number of nitrogens with one attached hydrogen (secondary N) is 3. The van der Waals surface area contributed by atoms with Crippen LogP contribution in [-0.2, 0) is 6.18 Å². The van der Waals surface area contributed by atoms with Crippen molar-refractivity contribution in [3.63, 3.8) is 0 Å². The van der Waals surface area contributed by atoms with Crippen LogP contribution in [0, 0.1) is 0 Å². The largest absolute Gasteiger partial charge is 0.418 e. The molecule has 4 nitrogen and oxygen atoms in total. The summed E-state index contributed by atoms with van der Waals surface area (Å²) >= 11 is 0. The zero-order chi connectivity index (χ0) is 15.2. The topological polar surface area (TPSA) is 45.6 Å². The highest BCUT2D eigenvalue weighted by molar-refractivity contribution is 5.90. The first kappa shape index (κ1) is 16.3. The van der Waals surface area contributed by atoms with E-state index in [1.54, 1.807) is 0 Å². The number of benzene rings is 1. The van der Waals surface area contributed by atoms with Crippen LogP contribution in [0.1, 0.15) is 12.0 Å². The summed E-state index contributed by atoms with van der Waals surface area (Å²) in [4.78, 5) is 12.8. The molecule has 0 heterocycles. The minimum Gasteiger partial charge on any atom is -0.340 e. The maximum Gasteiger partial charge on any atom is 0.418 e. The highest BCUT2D eigenvalue weighted by Gasteiger charge is 2.33. The second-order valence-corrected chi connectivity index (χ2v) is 4.73. The number of amides is 2. The lowest BCUT2D eigenvalue weighted by atomic mass is 10.1. The van der Waals surface area contributed by atoms with Gasteiger partial charge in [0.25, 0.3) is 0 Å². The van der Waals surface area contributed by atoms with E-state index in [2.05, 4.69) is 10.6 Å². The van der Waals surface area contributed by atoms with Crippen molar-refractivity contribution in [3.8, 4) is 0 Å². The quantitative estimate of drug-likeness (QED) is 0.705. The van der Waals surface area contributed by atoms with Crippen molar-refractivity contribution in [1.29, 1.82) is 0 Å². The second-order valence-electron chi connectivity index (χ2n) is 4.73. The van der Waals surface area contributed by atoms with E-state index in [4.69, 9.17) is 0 Å². The Labute approximate surface area is 116 Å². The molecule has 0 aliphatic heterocycles. The molecule has 0 aromatic heterocycles.